The molecule has 3 aromatic rings. The van der Waals surface area contributed by atoms with E-state index in [9.17, 15) is 0 Å². The van der Waals surface area contributed by atoms with Gasteiger partial charge >= 0.3 is 0 Å². The van der Waals surface area contributed by atoms with Gasteiger partial charge in [0.25, 0.3) is 0 Å². The molecular formula is C27H32N2O. The van der Waals surface area contributed by atoms with E-state index in [1.807, 2.05) is 0 Å². The molecule has 0 saturated carbocycles. The molecule has 30 heavy (non-hydrogen) atoms. The van der Waals surface area contributed by atoms with Crippen molar-refractivity contribution >= 4 is 0 Å². The van der Waals surface area contributed by atoms with Gasteiger partial charge in [0.15, 0.2) is 0 Å². The maximum absolute atomic E-state index is 5.95. The maximum Gasteiger partial charge on any atom is 0.119 e. The second-order valence-electron chi connectivity index (χ2n) is 8.11. The predicted octanol–water partition coefficient (Wildman–Crippen LogP) is 4.92. The monoisotopic (exact) mass is 400 g/mol. The van der Waals surface area contributed by atoms with Gasteiger partial charge in [-0.25, -0.2) is 0 Å². The summed E-state index contributed by atoms with van der Waals surface area (Å²) in [5.74, 6) is 0.960. The van der Waals surface area contributed by atoms with Gasteiger partial charge in [-0.3, -0.25) is 4.90 Å². The fourth-order valence-electron chi connectivity index (χ4n) is 4.20. The molecule has 2 N–H and O–H groups in total. The van der Waals surface area contributed by atoms with Crippen LogP contribution < -0.4 is 10.5 Å². The third kappa shape index (κ3) is 5.50. The average molecular weight is 401 g/mol. The SMILES string of the molecule is NCCc1ccc(-c2ccccc2Cc2ccc(OCCN3CCCC3)cc2)cc1. The van der Waals surface area contributed by atoms with Crippen LogP contribution in [0, 0.1) is 0 Å². The second kappa shape index (κ2) is 10.4. The zero-order valence-electron chi connectivity index (χ0n) is 17.7. The summed E-state index contributed by atoms with van der Waals surface area (Å²) in [5, 5.41) is 0. The van der Waals surface area contributed by atoms with Gasteiger partial charge in [0, 0.05) is 6.54 Å². The first-order chi connectivity index (χ1) is 14.8. The normalized spacial score (nSPS) is 14.2. The summed E-state index contributed by atoms with van der Waals surface area (Å²) in [6, 6.07) is 26.0. The summed E-state index contributed by atoms with van der Waals surface area (Å²) >= 11 is 0. The number of likely N-dealkylation sites (tertiary alicyclic amines) is 1. The van der Waals surface area contributed by atoms with Crippen LogP contribution in [0.2, 0.25) is 0 Å². The van der Waals surface area contributed by atoms with Gasteiger partial charge in [0.05, 0.1) is 0 Å². The summed E-state index contributed by atoms with van der Waals surface area (Å²) in [7, 11) is 0. The summed E-state index contributed by atoms with van der Waals surface area (Å²) in [4.78, 5) is 2.48. The number of ether oxygens (including phenoxy) is 1. The molecule has 3 heteroatoms. The van der Waals surface area contributed by atoms with E-state index in [0.717, 1.165) is 31.7 Å². The van der Waals surface area contributed by atoms with Crippen LogP contribution in [0.15, 0.2) is 72.8 Å². The number of nitrogens with two attached hydrogens (primary N) is 1. The van der Waals surface area contributed by atoms with Crippen molar-refractivity contribution in [3.05, 3.63) is 89.5 Å². The third-order valence-corrected chi connectivity index (χ3v) is 5.91. The van der Waals surface area contributed by atoms with Crippen molar-refractivity contribution in [1.29, 1.82) is 0 Å². The first kappa shape index (κ1) is 20.6. The Balaban J connectivity index is 1.39. The Bertz CT molecular complexity index is 912. The van der Waals surface area contributed by atoms with E-state index < -0.39 is 0 Å². The van der Waals surface area contributed by atoms with E-state index in [-0.39, 0.29) is 0 Å². The molecule has 0 radical (unpaired) electrons. The minimum absolute atomic E-state index is 0.688. The molecule has 1 aliphatic heterocycles. The lowest BCUT2D eigenvalue weighted by Crippen LogP contribution is -2.25. The van der Waals surface area contributed by atoms with Crippen LogP contribution in [0.1, 0.15) is 29.5 Å². The topological polar surface area (TPSA) is 38.5 Å². The highest BCUT2D eigenvalue weighted by atomic mass is 16.5. The van der Waals surface area contributed by atoms with Crippen molar-refractivity contribution in [3.8, 4) is 16.9 Å². The smallest absolute Gasteiger partial charge is 0.119 e. The van der Waals surface area contributed by atoms with Gasteiger partial charge in [-0.05, 0) is 85.3 Å². The molecule has 3 nitrogen and oxygen atoms in total. The summed E-state index contributed by atoms with van der Waals surface area (Å²) in [5.41, 5.74) is 12.2. The number of hydrogen-bond donors (Lipinski definition) is 1. The third-order valence-electron chi connectivity index (χ3n) is 5.91. The summed E-state index contributed by atoms with van der Waals surface area (Å²) in [6.45, 7) is 4.92. The predicted molar refractivity (Wildman–Crippen MR) is 125 cm³/mol. The van der Waals surface area contributed by atoms with E-state index >= 15 is 0 Å². The molecule has 1 fully saturated rings. The molecule has 1 aliphatic rings. The Kier molecular flexibility index (Phi) is 7.17. The summed E-state index contributed by atoms with van der Waals surface area (Å²) < 4.78 is 5.95. The van der Waals surface area contributed by atoms with Gasteiger partial charge in [-0.1, -0.05) is 60.7 Å². The Morgan fingerprint density at radius 3 is 2.23 bits per heavy atom. The molecule has 3 aromatic carbocycles. The highest BCUT2D eigenvalue weighted by Gasteiger charge is 2.11. The Labute approximate surface area is 180 Å². The van der Waals surface area contributed by atoms with Crippen LogP contribution in [0.25, 0.3) is 11.1 Å². The van der Waals surface area contributed by atoms with Gasteiger partial charge in [0.2, 0.25) is 0 Å². The van der Waals surface area contributed by atoms with Gasteiger partial charge in [0.1, 0.15) is 12.4 Å². The van der Waals surface area contributed by atoms with Crippen LogP contribution in [-0.4, -0.2) is 37.7 Å². The highest BCUT2D eigenvalue weighted by molar-refractivity contribution is 5.68. The van der Waals surface area contributed by atoms with E-state index in [1.165, 1.54) is 53.7 Å². The van der Waals surface area contributed by atoms with Crippen molar-refractivity contribution in [2.45, 2.75) is 25.7 Å². The Morgan fingerprint density at radius 1 is 0.800 bits per heavy atom. The second-order valence-corrected chi connectivity index (χ2v) is 8.11. The number of rotatable bonds is 9. The quantitative estimate of drug-likeness (QED) is 0.554. The highest BCUT2D eigenvalue weighted by Crippen LogP contribution is 2.27. The first-order valence-corrected chi connectivity index (χ1v) is 11.1. The molecule has 0 amide bonds. The zero-order chi connectivity index (χ0) is 20.6. The molecule has 0 unspecified atom stereocenters. The first-order valence-electron chi connectivity index (χ1n) is 11.1. The molecule has 156 valence electrons. The number of nitrogens with zero attached hydrogens (tertiary/aromatic N) is 1. The molecule has 0 bridgehead atoms. The van der Waals surface area contributed by atoms with Crippen LogP contribution in [0.4, 0.5) is 0 Å². The molecule has 0 atom stereocenters. The van der Waals surface area contributed by atoms with Gasteiger partial charge < -0.3 is 10.5 Å². The molecule has 4 rings (SSSR count). The van der Waals surface area contributed by atoms with Crippen LogP contribution in [0.3, 0.4) is 0 Å². The minimum atomic E-state index is 0.688. The van der Waals surface area contributed by atoms with E-state index in [2.05, 4.69) is 77.7 Å². The van der Waals surface area contributed by atoms with Crippen LogP contribution >= 0.6 is 0 Å². The van der Waals surface area contributed by atoms with Crippen molar-refractivity contribution in [3.63, 3.8) is 0 Å². The Hall–Kier alpha value is -2.62. The molecule has 1 heterocycles. The zero-order valence-corrected chi connectivity index (χ0v) is 17.7. The van der Waals surface area contributed by atoms with E-state index in [0.29, 0.717) is 6.54 Å². The van der Waals surface area contributed by atoms with Crippen molar-refractivity contribution < 1.29 is 4.74 Å². The van der Waals surface area contributed by atoms with E-state index in [1.54, 1.807) is 0 Å². The fourth-order valence-corrected chi connectivity index (χ4v) is 4.20. The minimum Gasteiger partial charge on any atom is -0.492 e. The maximum atomic E-state index is 5.95. The van der Waals surface area contributed by atoms with E-state index in [4.69, 9.17) is 10.5 Å². The van der Waals surface area contributed by atoms with Crippen LogP contribution in [-0.2, 0) is 12.8 Å². The fraction of sp³-hybridized carbons (Fsp3) is 0.333. The largest absolute Gasteiger partial charge is 0.492 e. The lowest BCUT2D eigenvalue weighted by atomic mass is 9.94. The molecular weight excluding hydrogens is 368 g/mol. The van der Waals surface area contributed by atoms with Crippen molar-refractivity contribution in [2.24, 2.45) is 5.73 Å². The van der Waals surface area contributed by atoms with Crippen molar-refractivity contribution in [2.75, 3.05) is 32.8 Å². The van der Waals surface area contributed by atoms with Gasteiger partial charge in [-0.2, -0.15) is 0 Å². The average Bonchev–Trinajstić information content (AvgIpc) is 3.30. The van der Waals surface area contributed by atoms with Crippen molar-refractivity contribution in [1.82, 2.24) is 4.90 Å². The number of hydrogen-bond acceptors (Lipinski definition) is 3. The Morgan fingerprint density at radius 2 is 1.50 bits per heavy atom. The van der Waals surface area contributed by atoms with Crippen LogP contribution in [0.5, 0.6) is 5.75 Å². The lowest BCUT2D eigenvalue weighted by molar-refractivity contribution is 0.238. The van der Waals surface area contributed by atoms with Gasteiger partial charge in [-0.15, -0.1) is 0 Å². The molecule has 1 saturated heterocycles. The standard InChI is InChI=1S/C27H32N2O/c28-16-15-22-7-11-24(12-8-22)27-6-2-1-5-25(27)21-23-9-13-26(14-10-23)30-20-19-29-17-3-4-18-29/h1-2,5-14H,3-4,15-21,28H2. The molecule has 0 aliphatic carbocycles. The summed E-state index contributed by atoms with van der Waals surface area (Å²) in [6.07, 6.45) is 4.49. The molecule has 0 aromatic heterocycles. The lowest BCUT2D eigenvalue weighted by Gasteiger charge is -2.15. The molecule has 0 spiro atoms. The number of benzene rings is 3.